The molecule has 2 aliphatic rings. The molecule has 0 aliphatic carbocycles. The molecule has 0 unspecified atom stereocenters. The number of carbonyl (C=O) groups is 2. The van der Waals surface area contributed by atoms with Gasteiger partial charge in [-0.25, -0.2) is 4.90 Å². The van der Waals surface area contributed by atoms with E-state index in [4.69, 9.17) is 9.47 Å². The van der Waals surface area contributed by atoms with E-state index in [1.165, 1.54) is 12.0 Å². The van der Waals surface area contributed by atoms with Crippen molar-refractivity contribution in [2.24, 2.45) is 0 Å². The van der Waals surface area contributed by atoms with E-state index in [1.54, 1.807) is 25.3 Å². The molecule has 2 amide bonds. The maximum atomic E-state index is 13.5. The Bertz CT molecular complexity index is 962. The summed E-state index contributed by atoms with van der Waals surface area (Å²) in [7, 11) is 3.08. The van der Waals surface area contributed by atoms with E-state index in [-0.39, 0.29) is 11.8 Å². The minimum absolute atomic E-state index is 0.289. The molecule has 0 radical (unpaired) electrons. The lowest BCUT2D eigenvalue weighted by molar-refractivity contribution is -0.120. The highest BCUT2D eigenvalue weighted by Gasteiger charge is 2.42. The summed E-state index contributed by atoms with van der Waals surface area (Å²) in [6, 6.07) is 14.5. The minimum Gasteiger partial charge on any atom is -0.493 e. The van der Waals surface area contributed by atoms with Crippen LogP contribution >= 0.6 is 0 Å². The fourth-order valence-corrected chi connectivity index (χ4v) is 3.99. The standard InChI is InChI=1S/C23H24N2O4/c1-28-18-12-11-17(15-19(18)29-2)25-22(26)20(16-9-5-3-6-10-16)21(23(25)27)24-13-7-4-8-14-24/h3,5-6,9-12,15H,4,7-8,13-14H2,1-2H3. The first-order valence-corrected chi connectivity index (χ1v) is 9.81. The third kappa shape index (κ3) is 3.35. The van der Waals surface area contributed by atoms with Crippen molar-refractivity contribution in [1.82, 2.24) is 4.90 Å². The molecule has 6 nitrogen and oxygen atoms in total. The van der Waals surface area contributed by atoms with Gasteiger partial charge in [-0.3, -0.25) is 9.59 Å². The second-order valence-corrected chi connectivity index (χ2v) is 7.12. The minimum atomic E-state index is -0.311. The highest BCUT2D eigenvalue weighted by Crippen LogP contribution is 2.38. The number of benzene rings is 2. The number of likely N-dealkylation sites (tertiary alicyclic amines) is 1. The lowest BCUT2D eigenvalue weighted by atomic mass is 10.0. The number of imide groups is 1. The predicted molar refractivity (Wildman–Crippen MR) is 111 cm³/mol. The average Bonchev–Trinajstić information content (AvgIpc) is 3.04. The Labute approximate surface area is 170 Å². The first kappa shape index (κ1) is 19.1. The van der Waals surface area contributed by atoms with Crippen LogP contribution in [0, 0.1) is 0 Å². The summed E-state index contributed by atoms with van der Waals surface area (Å²) in [5, 5.41) is 0. The van der Waals surface area contributed by atoms with Gasteiger partial charge in [0.1, 0.15) is 5.70 Å². The predicted octanol–water partition coefficient (Wildman–Crippen LogP) is 3.47. The van der Waals surface area contributed by atoms with Crippen molar-refractivity contribution < 1.29 is 19.1 Å². The maximum Gasteiger partial charge on any atom is 0.282 e. The molecule has 0 atom stereocenters. The van der Waals surface area contributed by atoms with Gasteiger partial charge in [0.2, 0.25) is 0 Å². The lowest BCUT2D eigenvalue weighted by Crippen LogP contribution is -2.37. The van der Waals surface area contributed by atoms with Crippen molar-refractivity contribution in [2.75, 3.05) is 32.2 Å². The summed E-state index contributed by atoms with van der Waals surface area (Å²) < 4.78 is 10.6. The molecule has 2 aliphatic heterocycles. The molecule has 4 rings (SSSR count). The van der Waals surface area contributed by atoms with Crippen molar-refractivity contribution >= 4 is 23.1 Å². The first-order chi connectivity index (χ1) is 14.2. The third-order valence-electron chi connectivity index (χ3n) is 5.42. The van der Waals surface area contributed by atoms with Gasteiger partial charge in [0.25, 0.3) is 11.8 Å². The molecule has 6 heteroatoms. The molecule has 0 aromatic heterocycles. The Morgan fingerprint density at radius 1 is 0.793 bits per heavy atom. The van der Waals surface area contributed by atoms with Crippen molar-refractivity contribution in [3.63, 3.8) is 0 Å². The molecule has 29 heavy (non-hydrogen) atoms. The van der Waals surface area contributed by atoms with Crippen LogP contribution in [0.2, 0.25) is 0 Å². The number of anilines is 1. The zero-order valence-electron chi connectivity index (χ0n) is 16.7. The van der Waals surface area contributed by atoms with Crippen LogP contribution in [0.3, 0.4) is 0 Å². The van der Waals surface area contributed by atoms with Gasteiger partial charge in [-0.2, -0.15) is 0 Å². The zero-order valence-corrected chi connectivity index (χ0v) is 16.7. The van der Waals surface area contributed by atoms with Crippen molar-refractivity contribution in [3.05, 3.63) is 59.8 Å². The summed E-state index contributed by atoms with van der Waals surface area (Å²) in [6.07, 6.45) is 3.18. The molecule has 1 fully saturated rings. The monoisotopic (exact) mass is 392 g/mol. The molecular formula is C23H24N2O4. The first-order valence-electron chi connectivity index (χ1n) is 9.81. The fraction of sp³-hybridized carbons (Fsp3) is 0.304. The highest BCUT2D eigenvalue weighted by molar-refractivity contribution is 6.45. The number of hydrogen-bond donors (Lipinski definition) is 0. The van der Waals surface area contributed by atoms with E-state index >= 15 is 0 Å². The van der Waals surface area contributed by atoms with Crippen LogP contribution in [0.4, 0.5) is 5.69 Å². The molecule has 1 saturated heterocycles. The average molecular weight is 392 g/mol. The zero-order chi connectivity index (χ0) is 20.4. The Hall–Kier alpha value is -3.28. The van der Waals surface area contributed by atoms with E-state index in [1.807, 2.05) is 30.3 Å². The van der Waals surface area contributed by atoms with Crippen molar-refractivity contribution in [1.29, 1.82) is 0 Å². The van der Waals surface area contributed by atoms with E-state index < -0.39 is 0 Å². The summed E-state index contributed by atoms with van der Waals surface area (Å²) in [6.45, 7) is 1.56. The van der Waals surface area contributed by atoms with Gasteiger partial charge >= 0.3 is 0 Å². The largest absolute Gasteiger partial charge is 0.493 e. The van der Waals surface area contributed by atoms with Crippen molar-refractivity contribution in [2.45, 2.75) is 19.3 Å². The van der Waals surface area contributed by atoms with E-state index in [9.17, 15) is 9.59 Å². The molecule has 150 valence electrons. The normalized spacial score (nSPS) is 17.2. The summed E-state index contributed by atoms with van der Waals surface area (Å²) in [4.78, 5) is 30.3. The van der Waals surface area contributed by atoms with Crippen LogP contribution in [0.15, 0.2) is 54.2 Å². The summed E-state index contributed by atoms with van der Waals surface area (Å²) in [5.41, 5.74) is 2.19. The van der Waals surface area contributed by atoms with Gasteiger partial charge in [0, 0.05) is 19.2 Å². The third-order valence-corrected chi connectivity index (χ3v) is 5.42. The molecule has 0 spiro atoms. The Morgan fingerprint density at radius 2 is 1.48 bits per heavy atom. The van der Waals surface area contributed by atoms with E-state index in [2.05, 4.69) is 4.90 Å². The van der Waals surface area contributed by atoms with Gasteiger partial charge in [-0.15, -0.1) is 0 Å². The second-order valence-electron chi connectivity index (χ2n) is 7.12. The summed E-state index contributed by atoms with van der Waals surface area (Å²) in [5.74, 6) is 0.415. The smallest absolute Gasteiger partial charge is 0.282 e. The number of amides is 2. The molecule has 0 saturated carbocycles. The van der Waals surface area contributed by atoms with Crippen LogP contribution in [-0.4, -0.2) is 44.0 Å². The Kier molecular flexibility index (Phi) is 5.25. The number of piperidine rings is 1. The highest BCUT2D eigenvalue weighted by atomic mass is 16.5. The number of methoxy groups -OCH3 is 2. The molecule has 0 N–H and O–H groups in total. The quantitative estimate of drug-likeness (QED) is 0.729. The van der Waals surface area contributed by atoms with Gasteiger partial charge < -0.3 is 14.4 Å². The topological polar surface area (TPSA) is 59.1 Å². The molecular weight excluding hydrogens is 368 g/mol. The van der Waals surface area contributed by atoms with Crippen molar-refractivity contribution in [3.8, 4) is 11.5 Å². The van der Waals surface area contributed by atoms with Crippen LogP contribution < -0.4 is 14.4 Å². The lowest BCUT2D eigenvalue weighted by Gasteiger charge is -2.29. The van der Waals surface area contributed by atoms with Gasteiger partial charge in [0.15, 0.2) is 11.5 Å². The molecule has 2 heterocycles. The Balaban J connectivity index is 1.80. The molecule has 2 aromatic carbocycles. The number of carbonyl (C=O) groups excluding carboxylic acids is 2. The second kappa shape index (κ2) is 7.99. The van der Waals surface area contributed by atoms with Gasteiger partial charge in [0.05, 0.1) is 25.5 Å². The number of ether oxygens (including phenoxy) is 2. The van der Waals surface area contributed by atoms with Gasteiger partial charge in [-0.1, -0.05) is 30.3 Å². The van der Waals surface area contributed by atoms with E-state index in [0.717, 1.165) is 37.9 Å². The van der Waals surface area contributed by atoms with Gasteiger partial charge in [-0.05, 0) is 37.0 Å². The summed E-state index contributed by atoms with van der Waals surface area (Å²) >= 11 is 0. The van der Waals surface area contributed by atoms with Crippen LogP contribution in [0.25, 0.3) is 5.57 Å². The molecule has 2 aromatic rings. The van der Waals surface area contributed by atoms with Crippen LogP contribution in [0.5, 0.6) is 11.5 Å². The number of rotatable bonds is 5. The molecule has 0 bridgehead atoms. The SMILES string of the molecule is COc1ccc(N2C(=O)C(c3ccccc3)=C(N3CCCCC3)C2=O)cc1OC. The number of nitrogens with zero attached hydrogens (tertiary/aromatic N) is 2. The van der Waals surface area contributed by atoms with Crippen LogP contribution in [0.1, 0.15) is 24.8 Å². The maximum absolute atomic E-state index is 13.5. The van der Waals surface area contributed by atoms with Crippen LogP contribution in [-0.2, 0) is 9.59 Å². The number of hydrogen-bond acceptors (Lipinski definition) is 5. The fourth-order valence-electron chi connectivity index (χ4n) is 3.99. The van der Waals surface area contributed by atoms with E-state index in [0.29, 0.717) is 28.5 Å². The Morgan fingerprint density at radius 3 is 2.14 bits per heavy atom.